The van der Waals surface area contributed by atoms with Crippen molar-refractivity contribution in [2.24, 2.45) is 0 Å². The molecule has 0 saturated heterocycles. The zero-order chi connectivity index (χ0) is 23.6. The van der Waals surface area contributed by atoms with Crippen LogP contribution >= 0.6 is 0 Å². The molecular weight excluding hydrogens is 421 g/mol. The quantitative estimate of drug-likeness (QED) is 0.418. The van der Waals surface area contributed by atoms with Crippen LogP contribution in [0.4, 0.5) is 10.1 Å². The lowest BCUT2D eigenvalue weighted by Gasteiger charge is -2.16. The summed E-state index contributed by atoms with van der Waals surface area (Å²) in [5.41, 5.74) is 2.78. The second-order valence-electron chi connectivity index (χ2n) is 8.61. The van der Waals surface area contributed by atoms with Gasteiger partial charge in [0.2, 0.25) is 5.91 Å². The fourth-order valence-electron chi connectivity index (χ4n) is 3.77. The first-order chi connectivity index (χ1) is 15.7. The highest BCUT2D eigenvalue weighted by Gasteiger charge is 2.18. The van der Waals surface area contributed by atoms with Gasteiger partial charge < -0.3 is 19.7 Å². The van der Waals surface area contributed by atoms with E-state index in [2.05, 4.69) is 9.88 Å². The lowest BCUT2D eigenvalue weighted by atomic mass is 10.1. The molecule has 4 aromatic rings. The van der Waals surface area contributed by atoms with E-state index in [9.17, 15) is 14.3 Å². The predicted octanol–water partition coefficient (Wildman–Crippen LogP) is 5.00. The zero-order valence-electron chi connectivity index (χ0n) is 18.8. The number of halogens is 1. The van der Waals surface area contributed by atoms with Gasteiger partial charge in [-0.1, -0.05) is 12.1 Å². The van der Waals surface area contributed by atoms with Crippen LogP contribution in [0.1, 0.15) is 26.0 Å². The number of amides is 1. The third-order valence-corrected chi connectivity index (χ3v) is 5.23. The predicted molar refractivity (Wildman–Crippen MR) is 127 cm³/mol. The van der Waals surface area contributed by atoms with E-state index in [1.807, 2.05) is 48.7 Å². The van der Waals surface area contributed by atoms with E-state index in [0.717, 1.165) is 22.2 Å². The Labute approximate surface area is 191 Å². The van der Waals surface area contributed by atoms with Crippen molar-refractivity contribution in [1.82, 2.24) is 9.55 Å². The minimum atomic E-state index is -1.07. The Kier molecular flexibility index (Phi) is 6.16. The van der Waals surface area contributed by atoms with Crippen molar-refractivity contribution in [3.8, 4) is 17.0 Å². The van der Waals surface area contributed by atoms with Gasteiger partial charge in [0, 0.05) is 23.5 Å². The van der Waals surface area contributed by atoms with Crippen molar-refractivity contribution >= 4 is 22.5 Å². The highest BCUT2D eigenvalue weighted by atomic mass is 19.1. The van der Waals surface area contributed by atoms with Crippen LogP contribution < -0.4 is 10.1 Å². The van der Waals surface area contributed by atoms with E-state index in [0.29, 0.717) is 23.7 Å². The summed E-state index contributed by atoms with van der Waals surface area (Å²) >= 11 is 0. The molecule has 170 valence electrons. The maximum Gasteiger partial charge on any atom is 0.227 e. The van der Waals surface area contributed by atoms with Crippen molar-refractivity contribution in [2.75, 3.05) is 12.4 Å². The molecule has 4 rings (SSSR count). The fraction of sp³-hybridized carbons (Fsp3) is 0.231. The van der Waals surface area contributed by atoms with Gasteiger partial charge in [-0.05, 0) is 61.7 Å². The molecule has 2 heterocycles. The largest absolute Gasteiger partial charge is 0.496 e. The molecule has 0 aliphatic rings. The Morgan fingerprint density at radius 1 is 1.15 bits per heavy atom. The molecular formula is C26H26FN3O3. The van der Waals surface area contributed by atoms with Crippen molar-refractivity contribution in [1.29, 1.82) is 0 Å². The average molecular weight is 448 g/mol. The lowest BCUT2D eigenvalue weighted by Crippen LogP contribution is -2.27. The SMILES string of the molecule is COc1cc(F)ccc1-c1cccc(Cn2ccc3ccc(NC(=O)CC(C)(C)O)cc32)n1. The summed E-state index contributed by atoms with van der Waals surface area (Å²) in [6.07, 6.45) is 1.98. The van der Waals surface area contributed by atoms with E-state index >= 15 is 0 Å². The van der Waals surface area contributed by atoms with Gasteiger partial charge in [0.15, 0.2) is 0 Å². The van der Waals surface area contributed by atoms with Gasteiger partial charge in [-0.3, -0.25) is 9.78 Å². The Hall–Kier alpha value is -3.71. The first kappa shape index (κ1) is 22.5. The second kappa shape index (κ2) is 9.03. The van der Waals surface area contributed by atoms with Crippen LogP contribution in [0.2, 0.25) is 0 Å². The van der Waals surface area contributed by atoms with Crippen molar-refractivity contribution in [2.45, 2.75) is 32.4 Å². The molecule has 0 aliphatic heterocycles. The van der Waals surface area contributed by atoms with Gasteiger partial charge in [0.25, 0.3) is 0 Å². The van der Waals surface area contributed by atoms with Crippen LogP contribution in [-0.4, -0.2) is 33.3 Å². The highest BCUT2D eigenvalue weighted by Crippen LogP contribution is 2.30. The number of ether oxygens (including phenoxy) is 1. The molecule has 0 radical (unpaired) electrons. The van der Waals surface area contributed by atoms with Crippen LogP contribution in [0.5, 0.6) is 5.75 Å². The average Bonchev–Trinajstić information content (AvgIpc) is 3.14. The normalized spacial score (nSPS) is 11.5. The summed E-state index contributed by atoms with van der Waals surface area (Å²) < 4.78 is 21.0. The Bertz CT molecular complexity index is 1310. The standard InChI is InChI=1S/C26H26FN3O3/c1-26(2,32)15-25(31)29-19-9-7-17-11-12-30(23(17)14-19)16-20-5-4-6-22(28-20)21-10-8-18(27)13-24(21)33-3/h4-14,32H,15-16H2,1-3H3,(H,29,31). The zero-order valence-corrected chi connectivity index (χ0v) is 18.8. The lowest BCUT2D eigenvalue weighted by molar-refractivity contribution is -0.119. The molecule has 2 N–H and O–H groups in total. The van der Waals surface area contributed by atoms with E-state index in [4.69, 9.17) is 9.72 Å². The first-order valence-corrected chi connectivity index (χ1v) is 10.6. The summed E-state index contributed by atoms with van der Waals surface area (Å²) in [6, 6.07) is 17.8. The highest BCUT2D eigenvalue weighted by molar-refractivity contribution is 5.94. The van der Waals surface area contributed by atoms with Crippen LogP contribution in [0.15, 0.2) is 66.9 Å². The van der Waals surface area contributed by atoms with Crippen molar-refractivity contribution in [3.63, 3.8) is 0 Å². The van der Waals surface area contributed by atoms with Crippen LogP contribution in [-0.2, 0) is 11.3 Å². The van der Waals surface area contributed by atoms with Crippen LogP contribution in [0.25, 0.3) is 22.2 Å². The number of nitrogens with one attached hydrogen (secondary N) is 1. The molecule has 1 amide bonds. The maximum atomic E-state index is 13.6. The summed E-state index contributed by atoms with van der Waals surface area (Å²) in [7, 11) is 1.51. The number of benzene rings is 2. The Morgan fingerprint density at radius 3 is 2.73 bits per heavy atom. The number of hydrogen-bond acceptors (Lipinski definition) is 4. The van der Waals surface area contributed by atoms with Gasteiger partial charge in [-0.2, -0.15) is 0 Å². The summed E-state index contributed by atoms with van der Waals surface area (Å²) in [5.74, 6) is -0.184. The number of carbonyl (C=O) groups is 1. The monoisotopic (exact) mass is 447 g/mol. The molecule has 0 spiro atoms. The van der Waals surface area contributed by atoms with E-state index in [1.165, 1.54) is 19.2 Å². The van der Waals surface area contributed by atoms with Crippen molar-refractivity contribution in [3.05, 3.63) is 78.4 Å². The number of aliphatic hydroxyl groups is 1. The fourth-order valence-corrected chi connectivity index (χ4v) is 3.77. The molecule has 0 saturated carbocycles. The number of anilines is 1. The summed E-state index contributed by atoms with van der Waals surface area (Å²) in [5, 5.41) is 13.7. The molecule has 6 nitrogen and oxygen atoms in total. The number of hydrogen-bond donors (Lipinski definition) is 2. The summed E-state index contributed by atoms with van der Waals surface area (Å²) in [4.78, 5) is 17.0. The Morgan fingerprint density at radius 2 is 1.97 bits per heavy atom. The number of aromatic nitrogens is 2. The second-order valence-corrected chi connectivity index (χ2v) is 8.61. The molecule has 2 aromatic heterocycles. The van der Waals surface area contributed by atoms with E-state index in [1.54, 1.807) is 19.9 Å². The third-order valence-electron chi connectivity index (χ3n) is 5.23. The molecule has 7 heteroatoms. The van der Waals surface area contributed by atoms with E-state index in [-0.39, 0.29) is 18.1 Å². The number of carbonyl (C=O) groups excluding carboxylic acids is 1. The van der Waals surface area contributed by atoms with Gasteiger partial charge in [-0.15, -0.1) is 0 Å². The number of methoxy groups -OCH3 is 1. The number of rotatable bonds is 7. The number of pyridine rings is 1. The van der Waals surface area contributed by atoms with Crippen LogP contribution in [0.3, 0.4) is 0 Å². The minimum absolute atomic E-state index is 0.00953. The van der Waals surface area contributed by atoms with E-state index < -0.39 is 5.60 Å². The molecule has 0 atom stereocenters. The minimum Gasteiger partial charge on any atom is -0.496 e. The molecule has 0 bridgehead atoms. The molecule has 33 heavy (non-hydrogen) atoms. The Balaban J connectivity index is 1.60. The summed E-state index contributed by atoms with van der Waals surface area (Å²) in [6.45, 7) is 3.72. The number of fused-ring (bicyclic) bond motifs is 1. The first-order valence-electron chi connectivity index (χ1n) is 10.6. The molecule has 0 unspecified atom stereocenters. The smallest absolute Gasteiger partial charge is 0.227 e. The van der Waals surface area contributed by atoms with Crippen molar-refractivity contribution < 1.29 is 19.0 Å². The number of nitrogens with zero attached hydrogens (tertiary/aromatic N) is 2. The van der Waals surface area contributed by atoms with Crippen LogP contribution in [0, 0.1) is 5.82 Å². The maximum absolute atomic E-state index is 13.6. The van der Waals surface area contributed by atoms with Gasteiger partial charge in [0.05, 0.1) is 42.6 Å². The van der Waals surface area contributed by atoms with Gasteiger partial charge in [-0.25, -0.2) is 4.39 Å². The topological polar surface area (TPSA) is 76.4 Å². The third kappa shape index (κ3) is 5.38. The molecule has 0 fully saturated rings. The van der Waals surface area contributed by atoms with Gasteiger partial charge in [0.1, 0.15) is 11.6 Å². The molecule has 0 aliphatic carbocycles. The van der Waals surface area contributed by atoms with Gasteiger partial charge >= 0.3 is 0 Å². The molecule has 2 aromatic carbocycles.